The van der Waals surface area contributed by atoms with Gasteiger partial charge < -0.3 is 14.5 Å². The van der Waals surface area contributed by atoms with Crippen LogP contribution in [0.4, 0.5) is 5.69 Å². The summed E-state index contributed by atoms with van der Waals surface area (Å²) in [6.45, 7) is 4.48. The van der Waals surface area contributed by atoms with Gasteiger partial charge in [-0.25, -0.2) is 0 Å². The van der Waals surface area contributed by atoms with Gasteiger partial charge in [0.2, 0.25) is 5.91 Å². The van der Waals surface area contributed by atoms with E-state index in [2.05, 4.69) is 52.0 Å². The molecule has 1 N–H and O–H groups in total. The largest absolute Gasteiger partial charge is 0.484 e. The van der Waals surface area contributed by atoms with Crippen LogP contribution in [0, 0.1) is 3.57 Å². The molecule has 28 heavy (non-hydrogen) atoms. The van der Waals surface area contributed by atoms with Gasteiger partial charge in [-0.3, -0.25) is 4.79 Å². The van der Waals surface area contributed by atoms with Crippen LogP contribution in [-0.2, 0) is 11.4 Å². The van der Waals surface area contributed by atoms with E-state index >= 15 is 0 Å². The highest BCUT2D eigenvalue weighted by atomic mass is 127. The number of carbonyl (C=O) groups excluding carboxylic acids is 1. The number of nitrogens with one attached hydrogen (secondary N) is 1. The molecule has 0 aliphatic heterocycles. The first-order chi connectivity index (χ1) is 13.5. The molecule has 3 aromatic rings. The Morgan fingerprint density at radius 1 is 1.14 bits per heavy atom. The molecule has 0 aliphatic rings. The monoisotopic (exact) mass is 509 g/mol. The number of aromatic nitrogens is 2. The van der Waals surface area contributed by atoms with E-state index in [4.69, 9.17) is 9.15 Å². The Labute approximate surface area is 181 Å². The number of hydrogen-bond donors (Lipinski definition) is 1. The predicted molar refractivity (Wildman–Crippen MR) is 118 cm³/mol. The normalized spacial score (nSPS) is 10.9. The number of thioether (sulfide) groups is 1. The van der Waals surface area contributed by atoms with Crippen LogP contribution in [-0.4, -0.2) is 21.9 Å². The summed E-state index contributed by atoms with van der Waals surface area (Å²) in [6, 6.07) is 15.5. The number of anilines is 1. The first kappa shape index (κ1) is 20.7. The molecule has 0 fully saturated rings. The number of hydrogen-bond acceptors (Lipinski definition) is 6. The van der Waals surface area contributed by atoms with Gasteiger partial charge in [0.15, 0.2) is 6.61 Å². The molecule has 6 nitrogen and oxygen atoms in total. The third kappa shape index (κ3) is 6.23. The molecule has 0 unspecified atom stereocenters. The molecule has 1 heterocycles. The van der Waals surface area contributed by atoms with Crippen molar-refractivity contribution in [2.24, 2.45) is 0 Å². The van der Waals surface area contributed by atoms with Crippen LogP contribution >= 0.6 is 34.4 Å². The molecular weight excluding hydrogens is 489 g/mol. The maximum atomic E-state index is 12.0. The summed E-state index contributed by atoms with van der Waals surface area (Å²) in [5.41, 5.74) is 2.02. The lowest BCUT2D eigenvalue weighted by Crippen LogP contribution is -2.13. The van der Waals surface area contributed by atoms with Gasteiger partial charge in [0.05, 0.1) is 5.75 Å². The fourth-order valence-corrected chi connectivity index (χ4v) is 3.25. The molecule has 8 heteroatoms. The summed E-state index contributed by atoms with van der Waals surface area (Å²) in [5, 5.41) is 11.1. The molecule has 0 radical (unpaired) electrons. The van der Waals surface area contributed by atoms with Crippen LogP contribution in [0.2, 0.25) is 0 Å². The van der Waals surface area contributed by atoms with Gasteiger partial charge in [0, 0.05) is 9.26 Å². The van der Waals surface area contributed by atoms with E-state index in [9.17, 15) is 4.79 Å². The van der Waals surface area contributed by atoms with Crippen molar-refractivity contribution in [3.8, 4) is 5.75 Å². The third-order valence-electron chi connectivity index (χ3n) is 3.81. The van der Waals surface area contributed by atoms with E-state index in [1.165, 1.54) is 17.3 Å². The van der Waals surface area contributed by atoms with Gasteiger partial charge in [-0.05, 0) is 70.5 Å². The summed E-state index contributed by atoms with van der Waals surface area (Å²) >= 11 is 3.41. The highest BCUT2D eigenvalue weighted by Crippen LogP contribution is 2.21. The first-order valence-electron chi connectivity index (χ1n) is 8.73. The predicted octanol–water partition coefficient (Wildman–Crippen LogP) is 5.11. The van der Waals surface area contributed by atoms with Crippen LogP contribution in [0.25, 0.3) is 0 Å². The Balaban J connectivity index is 1.44. The zero-order chi connectivity index (χ0) is 19.9. The molecule has 0 saturated carbocycles. The molecule has 1 amide bonds. The van der Waals surface area contributed by atoms with E-state index in [0.717, 1.165) is 15.0 Å². The zero-order valence-corrected chi connectivity index (χ0v) is 18.5. The van der Waals surface area contributed by atoms with Crippen molar-refractivity contribution >= 4 is 45.9 Å². The van der Waals surface area contributed by atoms with Crippen molar-refractivity contribution in [2.45, 2.75) is 31.6 Å². The van der Waals surface area contributed by atoms with E-state index in [-0.39, 0.29) is 18.3 Å². The molecule has 0 bridgehead atoms. The first-order valence-corrected chi connectivity index (χ1v) is 10.8. The zero-order valence-electron chi connectivity index (χ0n) is 15.5. The summed E-state index contributed by atoms with van der Waals surface area (Å²) in [7, 11) is 0. The van der Waals surface area contributed by atoms with Crippen LogP contribution in [0.1, 0.15) is 31.2 Å². The molecule has 0 atom stereocenters. The molecule has 0 saturated heterocycles. The molecule has 146 valence electrons. The van der Waals surface area contributed by atoms with Crippen molar-refractivity contribution in [3.63, 3.8) is 0 Å². The number of amides is 1. The molecule has 1 aromatic heterocycles. The lowest BCUT2D eigenvalue weighted by Gasteiger charge is -2.07. The van der Waals surface area contributed by atoms with Crippen molar-refractivity contribution in [1.29, 1.82) is 0 Å². The molecule has 0 aliphatic carbocycles. The average molecular weight is 509 g/mol. The second-order valence-electron chi connectivity index (χ2n) is 6.32. The number of ether oxygens (including phenoxy) is 1. The van der Waals surface area contributed by atoms with E-state index in [1.807, 2.05) is 48.5 Å². The van der Waals surface area contributed by atoms with Crippen molar-refractivity contribution < 1.29 is 13.9 Å². The van der Waals surface area contributed by atoms with Crippen molar-refractivity contribution in [3.05, 3.63) is 63.6 Å². The summed E-state index contributed by atoms with van der Waals surface area (Å²) < 4.78 is 12.3. The summed E-state index contributed by atoms with van der Waals surface area (Å²) in [6.07, 6.45) is 0. The maximum absolute atomic E-state index is 12.0. The van der Waals surface area contributed by atoms with Crippen LogP contribution in [0.15, 0.2) is 58.2 Å². The highest BCUT2D eigenvalue weighted by Gasteiger charge is 2.11. The van der Waals surface area contributed by atoms with Crippen molar-refractivity contribution in [1.82, 2.24) is 10.2 Å². The van der Waals surface area contributed by atoms with Gasteiger partial charge in [-0.2, -0.15) is 0 Å². The van der Waals surface area contributed by atoms with Gasteiger partial charge >= 0.3 is 0 Å². The molecule has 0 spiro atoms. The second kappa shape index (κ2) is 9.92. The molecular formula is C20H20IN3O3S. The Morgan fingerprint density at radius 2 is 1.86 bits per heavy atom. The highest BCUT2D eigenvalue weighted by molar-refractivity contribution is 14.1. The number of benzene rings is 2. The maximum Gasteiger partial charge on any atom is 0.277 e. The minimum Gasteiger partial charge on any atom is -0.484 e. The Kier molecular flexibility index (Phi) is 7.32. The number of rotatable bonds is 8. The van der Waals surface area contributed by atoms with Gasteiger partial charge in [0.1, 0.15) is 5.75 Å². The molecule has 3 rings (SSSR count). The number of nitrogens with zero attached hydrogens (tertiary/aromatic N) is 2. The minimum atomic E-state index is -0.132. The standard InChI is InChI=1S/C20H20IN3O3S/c1-13(2)14-3-9-17(10-4-14)26-11-19-23-24-20(27-19)28-12-18(25)22-16-7-5-15(21)6-8-16/h3-10,13H,11-12H2,1-2H3,(H,22,25). The fourth-order valence-electron chi connectivity index (χ4n) is 2.31. The van der Waals surface area contributed by atoms with E-state index in [0.29, 0.717) is 17.0 Å². The Hall–Kier alpha value is -2.07. The number of halogens is 1. The average Bonchev–Trinajstić information content (AvgIpc) is 3.15. The van der Waals surface area contributed by atoms with Gasteiger partial charge in [-0.15, -0.1) is 10.2 Å². The van der Waals surface area contributed by atoms with Crippen LogP contribution in [0.5, 0.6) is 5.75 Å². The van der Waals surface area contributed by atoms with Gasteiger partial charge in [-0.1, -0.05) is 37.7 Å². The topological polar surface area (TPSA) is 77.2 Å². The summed E-state index contributed by atoms with van der Waals surface area (Å²) in [5.74, 6) is 1.65. The second-order valence-corrected chi connectivity index (χ2v) is 8.49. The Bertz CT molecular complexity index is 911. The van der Waals surface area contributed by atoms with Crippen molar-refractivity contribution in [2.75, 3.05) is 11.1 Å². The number of carbonyl (C=O) groups is 1. The quantitative estimate of drug-likeness (QED) is 0.336. The van der Waals surface area contributed by atoms with E-state index < -0.39 is 0 Å². The third-order valence-corrected chi connectivity index (χ3v) is 5.35. The summed E-state index contributed by atoms with van der Waals surface area (Å²) in [4.78, 5) is 12.0. The lowest BCUT2D eigenvalue weighted by atomic mass is 10.0. The van der Waals surface area contributed by atoms with Gasteiger partial charge in [0.25, 0.3) is 11.1 Å². The van der Waals surface area contributed by atoms with E-state index in [1.54, 1.807) is 0 Å². The molecule has 2 aromatic carbocycles. The fraction of sp³-hybridized carbons (Fsp3) is 0.250. The minimum absolute atomic E-state index is 0.132. The van der Waals surface area contributed by atoms with Crippen LogP contribution in [0.3, 0.4) is 0 Å². The van der Waals surface area contributed by atoms with Crippen LogP contribution < -0.4 is 10.1 Å². The smallest absolute Gasteiger partial charge is 0.277 e. The Morgan fingerprint density at radius 3 is 2.54 bits per heavy atom. The SMILES string of the molecule is CC(C)c1ccc(OCc2nnc(SCC(=O)Nc3ccc(I)cc3)o2)cc1. The lowest BCUT2D eigenvalue weighted by molar-refractivity contribution is -0.113.